The molecule has 2 heteroatoms. The standard InChI is InChI=1S/C16H15ClO/c1-12-7-9-14(10-8-12)16(18)15(17)11-13-5-3-2-4-6-13/h2-11,16,18H,1H3/b15-11-. The molecule has 0 aliphatic carbocycles. The molecule has 2 rings (SSSR count). The van der Waals surface area contributed by atoms with Crippen molar-refractivity contribution in [2.75, 3.05) is 0 Å². The third-order valence-corrected chi connectivity index (χ3v) is 3.07. The first-order chi connectivity index (χ1) is 8.66. The zero-order valence-corrected chi connectivity index (χ0v) is 10.9. The van der Waals surface area contributed by atoms with Gasteiger partial charge in [-0.2, -0.15) is 0 Å². The first kappa shape index (κ1) is 12.9. The second kappa shape index (κ2) is 5.85. The first-order valence-corrected chi connectivity index (χ1v) is 6.21. The van der Waals surface area contributed by atoms with Crippen molar-refractivity contribution < 1.29 is 5.11 Å². The molecule has 2 aromatic rings. The molecule has 0 heterocycles. The summed E-state index contributed by atoms with van der Waals surface area (Å²) in [5.41, 5.74) is 2.94. The Hall–Kier alpha value is -1.57. The van der Waals surface area contributed by atoms with Gasteiger partial charge in [-0.1, -0.05) is 71.8 Å². The minimum Gasteiger partial charge on any atom is -0.383 e. The smallest absolute Gasteiger partial charge is 0.115 e. The van der Waals surface area contributed by atoms with E-state index < -0.39 is 6.10 Å². The summed E-state index contributed by atoms with van der Waals surface area (Å²) in [5.74, 6) is 0. The Kier molecular flexibility index (Phi) is 4.19. The van der Waals surface area contributed by atoms with Crippen molar-refractivity contribution in [3.63, 3.8) is 0 Å². The molecule has 0 amide bonds. The lowest BCUT2D eigenvalue weighted by Gasteiger charge is -2.10. The fourth-order valence-corrected chi connectivity index (χ4v) is 1.95. The normalized spacial score (nSPS) is 13.4. The summed E-state index contributed by atoms with van der Waals surface area (Å²) in [5, 5.41) is 10.6. The monoisotopic (exact) mass is 258 g/mol. The van der Waals surface area contributed by atoms with Crippen LogP contribution in [0.25, 0.3) is 6.08 Å². The third kappa shape index (κ3) is 3.22. The van der Waals surface area contributed by atoms with E-state index in [0.29, 0.717) is 5.03 Å². The van der Waals surface area contributed by atoms with Crippen LogP contribution in [0.3, 0.4) is 0 Å². The molecule has 0 aliphatic rings. The van der Waals surface area contributed by atoms with E-state index in [4.69, 9.17) is 11.6 Å². The van der Waals surface area contributed by atoms with Crippen molar-refractivity contribution in [2.45, 2.75) is 13.0 Å². The Bertz CT molecular complexity index is 529. The van der Waals surface area contributed by atoms with E-state index in [1.54, 1.807) is 6.08 Å². The van der Waals surface area contributed by atoms with Crippen LogP contribution < -0.4 is 0 Å². The van der Waals surface area contributed by atoms with E-state index >= 15 is 0 Å². The Morgan fingerprint density at radius 3 is 2.28 bits per heavy atom. The van der Waals surface area contributed by atoms with Crippen LogP contribution in [-0.4, -0.2) is 5.11 Å². The number of aliphatic hydroxyl groups excluding tert-OH is 1. The van der Waals surface area contributed by atoms with Crippen molar-refractivity contribution in [1.29, 1.82) is 0 Å². The van der Waals surface area contributed by atoms with Crippen LogP contribution in [0.1, 0.15) is 22.8 Å². The number of halogens is 1. The first-order valence-electron chi connectivity index (χ1n) is 5.83. The molecular weight excluding hydrogens is 244 g/mol. The quantitative estimate of drug-likeness (QED) is 0.870. The van der Waals surface area contributed by atoms with Crippen LogP contribution in [0.5, 0.6) is 0 Å². The van der Waals surface area contributed by atoms with E-state index in [2.05, 4.69) is 0 Å². The van der Waals surface area contributed by atoms with Gasteiger partial charge in [0.05, 0.1) is 5.03 Å². The van der Waals surface area contributed by atoms with Gasteiger partial charge < -0.3 is 5.11 Å². The highest BCUT2D eigenvalue weighted by Crippen LogP contribution is 2.26. The van der Waals surface area contributed by atoms with Crippen LogP contribution in [0.4, 0.5) is 0 Å². The van der Waals surface area contributed by atoms with Crippen LogP contribution in [0, 0.1) is 6.92 Å². The van der Waals surface area contributed by atoms with Crippen LogP contribution in [0.2, 0.25) is 0 Å². The molecule has 0 fully saturated rings. The minimum atomic E-state index is -0.771. The molecule has 1 unspecified atom stereocenters. The van der Waals surface area contributed by atoms with Crippen LogP contribution in [0.15, 0.2) is 59.6 Å². The molecule has 92 valence electrons. The summed E-state index contributed by atoms with van der Waals surface area (Å²) < 4.78 is 0. The van der Waals surface area contributed by atoms with Gasteiger partial charge in [-0.25, -0.2) is 0 Å². The number of aliphatic hydroxyl groups is 1. The Morgan fingerprint density at radius 1 is 1.06 bits per heavy atom. The second-order valence-electron chi connectivity index (χ2n) is 4.25. The van der Waals surface area contributed by atoms with Gasteiger partial charge in [-0.05, 0) is 24.1 Å². The molecule has 1 nitrogen and oxygen atoms in total. The molecule has 0 saturated carbocycles. The fraction of sp³-hybridized carbons (Fsp3) is 0.125. The zero-order valence-electron chi connectivity index (χ0n) is 10.2. The second-order valence-corrected chi connectivity index (χ2v) is 4.69. The van der Waals surface area contributed by atoms with Gasteiger partial charge in [-0.15, -0.1) is 0 Å². The largest absolute Gasteiger partial charge is 0.383 e. The molecule has 0 aliphatic heterocycles. The summed E-state index contributed by atoms with van der Waals surface area (Å²) in [4.78, 5) is 0. The SMILES string of the molecule is Cc1ccc(C(O)/C(Cl)=C/c2ccccc2)cc1. The van der Waals surface area contributed by atoms with Crippen molar-refractivity contribution in [3.8, 4) is 0 Å². The highest BCUT2D eigenvalue weighted by molar-refractivity contribution is 6.32. The van der Waals surface area contributed by atoms with Crippen molar-refractivity contribution in [1.82, 2.24) is 0 Å². The van der Waals surface area contributed by atoms with Crippen molar-refractivity contribution >= 4 is 17.7 Å². The average molecular weight is 259 g/mol. The molecule has 0 spiro atoms. The zero-order chi connectivity index (χ0) is 13.0. The van der Waals surface area contributed by atoms with Gasteiger partial charge in [0, 0.05) is 0 Å². The van der Waals surface area contributed by atoms with E-state index in [0.717, 1.165) is 16.7 Å². The molecule has 0 radical (unpaired) electrons. The molecule has 0 bridgehead atoms. The number of hydrogen-bond acceptors (Lipinski definition) is 1. The maximum atomic E-state index is 10.1. The molecule has 1 atom stereocenters. The highest BCUT2D eigenvalue weighted by atomic mass is 35.5. The Labute approximate surface area is 112 Å². The lowest BCUT2D eigenvalue weighted by molar-refractivity contribution is 0.225. The number of hydrogen-bond donors (Lipinski definition) is 1. The molecule has 1 N–H and O–H groups in total. The Balaban J connectivity index is 2.21. The molecule has 0 aromatic heterocycles. The summed E-state index contributed by atoms with van der Waals surface area (Å²) in [6.07, 6.45) is 1.01. The van der Waals surface area contributed by atoms with Gasteiger partial charge in [0.25, 0.3) is 0 Å². The number of rotatable bonds is 3. The predicted octanol–water partition coefficient (Wildman–Crippen LogP) is 4.31. The third-order valence-electron chi connectivity index (χ3n) is 2.76. The highest BCUT2D eigenvalue weighted by Gasteiger charge is 2.10. The van der Waals surface area contributed by atoms with Gasteiger partial charge in [0.2, 0.25) is 0 Å². The van der Waals surface area contributed by atoms with Gasteiger partial charge in [-0.3, -0.25) is 0 Å². The van der Waals surface area contributed by atoms with E-state index in [9.17, 15) is 5.11 Å². The molecule has 2 aromatic carbocycles. The minimum absolute atomic E-state index is 0.421. The molecule has 18 heavy (non-hydrogen) atoms. The van der Waals surface area contributed by atoms with E-state index in [1.165, 1.54) is 0 Å². The number of benzene rings is 2. The van der Waals surface area contributed by atoms with Crippen molar-refractivity contribution in [3.05, 3.63) is 76.3 Å². The Morgan fingerprint density at radius 2 is 1.67 bits per heavy atom. The van der Waals surface area contributed by atoms with Crippen LogP contribution >= 0.6 is 11.6 Å². The van der Waals surface area contributed by atoms with Gasteiger partial charge in [0.15, 0.2) is 0 Å². The lowest BCUT2D eigenvalue weighted by Crippen LogP contribution is -1.97. The molecular formula is C16H15ClO. The van der Waals surface area contributed by atoms with Crippen molar-refractivity contribution in [2.24, 2.45) is 0 Å². The summed E-state index contributed by atoms with van der Waals surface area (Å²) in [6, 6.07) is 17.4. The predicted molar refractivity (Wildman–Crippen MR) is 76.4 cm³/mol. The number of aryl methyl sites for hydroxylation is 1. The topological polar surface area (TPSA) is 20.2 Å². The van der Waals surface area contributed by atoms with Gasteiger partial charge >= 0.3 is 0 Å². The average Bonchev–Trinajstić information content (AvgIpc) is 2.40. The maximum Gasteiger partial charge on any atom is 0.115 e. The van der Waals surface area contributed by atoms with E-state index in [-0.39, 0.29) is 0 Å². The lowest BCUT2D eigenvalue weighted by atomic mass is 10.1. The molecule has 0 saturated heterocycles. The fourth-order valence-electron chi connectivity index (χ4n) is 1.70. The van der Waals surface area contributed by atoms with E-state index in [1.807, 2.05) is 61.5 Å². The summed E-state index contributed by atoms with van der Waals surface area (Å²) in [7, 11) is 0. The summed E-state index contributed by atoms with van der Waals surface area (Å²) >= 11 is 6.15. The van der Waals surface area contributed by atoms with Gasteiger partial charge in [0.1, 0.15) is 6.10 Å². The maximum absolute atomic E-state index is 10.1. The van der Waals surface area contributed by atoms with Crippen LogP contribution in [-0.2, 0) is 0 Å². The summed E-state index contributed by atoms with van der Waals surface area (Å²) in [6.45, 7) is 2.01.